The number of hydrogen-bond acceptors (Lipinski definition) is 1. The van der Waals surface area contributed by atoms with Gasteiger partial charge in [0.25, 0.3) is 0 Å². The molecule has 0 spiro atoms. The van der Waals surface area contributed by atoms with Crippen LogP contribution in [0, 0.1) is 0 Å². The van der Waals surface area contributed by atoms with Crippen LogP contribution in [0.4, 0.5) is 0 Å². The molecule has 0 aliphatic heterocycles. The molecule has 32 valence electrons. The minimum atomic E-state index is -0.500. The van der Waals surface area contributed by atoms with Crippen molar-refractivity contribution >= 4 is 0 Å². The van der Waals surface area contributed by atoms with Gasteiger partial charge in [-0.2, -0.15) is 0 Å². The van der Waals surface area contributed by atoms with Crippen LogP contribution in [0.2, 0.25) is 0 Å². The fourth-order valence-electron chi connectivity index (χ4n) is 0. The van der Waals surface area contributed by atoms with E-state index in [9.17, 15) is 0 Å². The van der Waals surface area contributed by atoms with Crippen LogP contribution in [-0.4, -0.2) is 10.7 Å². The Hall–Kier alpha value is -0.0400. The maximum Gasteiger partial charge on any atom is 0.0563 e. The van der Waals surface area contributed by atoms with Gasteiger partial charge in [-0.15, -0.1) is 0 Å². The van der Waals surface area contributed by atoms with Gasteiger partial charge in [-0.05, 0) is 20.8 Å². The highest BCUT2D eigenvalue weighted by molar-refractivity contribution is 4.50. The summed E-state index contributed by atoms with van der Waals surface area (Å²) >= 11 is 0. The third-order valence-corrected chi connectivity index (χ3v) is 0. The fourth-order valence-corrected chi connectivity index (χ4v) is 0. The van der Waals surface area contributed by atoms with Crippen molar-refractivity contribution < 1.29 is 5.11 Å². The lowest BCUT2D eigenvalue weighted by atomic mass is 11.0. The standard InChI is InChI=1S/C4H10O/c1-4(2,3)5/h5H,1-3H3/i4+2. The minimum Gasteiger partial charge on any atom is -0.391 e. The molecule has 5 heavy (non-hydrogen) atoms. The SMILES string of the molecule is C[14C](C)(C)O. The molecule has 0 amide bonds. The summed E-state index contributed by atoms with van der Waals surface area (Å²) in [5.41, 5.74) is -0.500. The van der Waals surface area contributed by atoms with Crippen molar-refractivity contribution in [2.75, 3.05) is 0 Å². The lowest BCUT2D eigenvalue weighted by molar-refractivity contribution is 0.102. The van der Waals surface area contributed by atoms with Gasteiger partial charge < -0.3 is 5.11 Å². The Labute approximate surface area is 32.6 Å². The van der Waals surface area contributed by atoms with Gasteiger partial charge in [-0.1, -0.05) is 0 Å². The molecule has 0 saturated heterocycles. The lowest BCUT2D eigenvalue weighted by Gasteiger charge is -2.04. The number of rotatable bonds is 0. The van der Waals surface area contributed by atoms with Crippen LogP contribution in [0.5, 0.6) is 0 Å². The first kappa shape index (κ1) is 4.96. The highest BCUT2D eigenvalue weighted by Crippen LogP contribution is 1.93. The zero-order valence-electron chi connectivity index (χ0n) is 3.95. The summed E-state index contributed by atoms with van der Waals surface area (Å²) in [6.07, 6.45) is 0. The molecule has 0 aromatic heterocycles. The van der Waals surface area contributed by atoms with Crippen LogP contribution in [0.1, 0.15) is 20.8 Å². The Kier molecular flexibility index (Phi) is 0.969. The predicted octanol–water partition coefficient (Wildman–Crippen LogP) is 0.777. The molecule has 0 rings (SSSR count). The van der Waals surface area contributed by atoms with E-state index in [1.165, 1.54) is 0 Å². The second kappa shape index (κ2) is 0.977. The Balaban J connectivity index is 3.02. The quantitative estimate of drug-likeness (QED) is 0.452. The maximum absolute atomic E-state index is 8.52. The molecule has 0 atom stereocenters. The van der Waals surface area contributed by atoms with Gasteiger partial charge in [0.15, 0.2) is 0 Å². The second-order valence-electron chi connectivity index (χ2n) is 2.17. The third kappa shape index (κ3) is 9510. The highest BCUT2D eigenvalue weighted by Gasteiger charge is 1.97. The van der Waals surface area contributed by atoms with Gasteiger partial charge in [0.05, 0.1) is 5.60 Å². The molecule has 0 heterocycles. The van der Waals surface area contributed by atoms with E-state index < -0.39 is 5.60 Å². The summed E-state index contributed by atoms with van der Waals surface area (Å²) in [6.45, 7) is 5.23. The Bertz CT molecular complexity index is 19.1. The van der Waals surface area contributed by atoms with Gasteiger partial charge in [0.2, 0.25) is 0 Å². The first-order chi connectivity index (χ1) is 2.00. The summed E-state index contributed by atoms with van der Waals surface area (Å²) in [5, 5.41) is 8.52. The fraction of sp³-hybridized carbons (Fsp3) is 1.00. The van der Waals surface area contributed by atoms with E-state index in [1.54, 1.807) is 20.8 Å². The van der Waals surface area contributed by atoms with E-state index >= 15 is 0 Å². The monoisotopic (exact) mass is 76.1 g/mol. The van der Waals surface area contributed by atoms with E-state index in [0.717, 1.165) is 0 Å². The first-order valence-corrected chi connectivity index (χ1v) is 1.72. The molecule has 0 aliphatic rings. The Morgan fingerprint density at radius 2 is 1.20 bits per heavy atom. The lowest BCUT2D eigenvalue weighted by Crippen LogP contribution is -2.10. The summed E-state index contributed by atoms with van der Waals surface area (Å²) in [5.74, 6) is 0. The maximum atomic E-state index is 8.52. The van der Waals surface area contributed by atoms with Crippen LogP contribution in [-0.2, 0) is 0 Å². The molecule has 1 N–H and O–H groups in total. The van der Waals surface area contributed by atoms with E-state index in [0.29, 0.717) is 0 Å². The number of hydrogen-bond donors (Lipinski definition) is 1. The predicted molar refractivity (Wildman–Crippen MR) is 22.0 cm³/mol. The smallest absolute Gasteiger partial charge is 0.0563 e. The van der Waals surface area contributed by atoms with Crippen molar-refractivity contribution in [2.45, 2.75) is 26.4 Å². The molecule has 0 aromatic carbocycles. The van der Waals surface area contributed by atoms with Crippen LogP contribution >= 0.6 is 0 Å². The largest absolute Gasteiger partial charge is 0.391 e. The van der Waals surface area contributed by atoms with Crippen molar-refractivity contribution in [3.8, 4) is 0 Å². The zero-order valence-corrected chi connectivity index (χ0v) is 3.95. The van der Waals surface area contributed by atoms with Crippen LogP contribution < -0.4 is 0 Å². The normalized spacial score (nSPS) is 12.0. The summed E-state index contributed by atoms with van der Waals surface area (Å²) in [4.78, 5) is 0. The van der Waals surface area contributed by atoms with Gasteiger partial charge in [0.1, 0.15) is 0 Å². The molecule has 1 nitrogen and oxygen atoms in total. The second-order valence-corrected chi connectivity index (χ2v) is 2.17. The highest BCUT2D eigenvalue weighted by atomic mass is 16.5. The molecule has 0 saturated carbocycles. The average Bonchev–Trinajstić information content (AvgIpc) is 0.722. The molecular formula is C4H10O. The molecule has 0 fully saturated rings. The molecular weight excluding hydrogens is 66.0 g/mol. The van der Waals surface area contributed by atoms with Crippen molar-refractivity contribution in [3.05, 3.63) is 0 Å². The van der Waals surface area contributed by atoms with Crippen LogP contribution in [0.3, 0.4) is 0 Å². The van der Waals surface area contributed by atoms with Crippen molar-refractivity contribution in [2.24, 2.45) is 0 Å². The summed E-state index contributed by atoms with van der Waals surface area (Å²) in [7, 11) is 0. The van der Waals surface area contributed by atoms with E-state index in [2.05, 4.69) is 0 Å². The number of aliphatic hydroxyl groups is 1. The van der Waals surface area contributed by atoms with Crippen molar-refractivity contribution in [1.82, 2.24) is 0 Å². The minimum absolute atomic E-state index is 0.500. The first-order valence-electron chi connectivity index (χ1n) is 1.72. The zero-order chi connectivity index (χ0) is 4.50. The summed E-state index contributed by atoms with van der Waals surface area (Å²) in [6, 6.07) is 0. The van der Waals surface area contributed by atoms with E-state index in [1.807, 2.05) is 0 Å². The topological polar surface area (TPSA) is 20.2 Å². The molecule has 0 aliphatic carbocycles. The third-order valence-electron chi connectivity index (χ3n) is 0. The average molecular weight is 76.1 g/mol. The Morgan fingerprint density at radius 1 is 1.20 bits per heavy atom. The van der Waals surface area contributed by atoms with Crippen LogP contribution in [0.15, 0.2) is 0 Å². The molecule has 0 aromatic rings. The van der Waals surface area contributed by atoms with Gasteiger partial charge in [0, 0.05) is 0 Å². The molecule has 0 bridgehead atoms. The van der Waals surface area contributed by atoms with Crippen molar-refractivity contribution in [1.29, 1.82) is 0 Å². The summed E-state index contributed by atoms with van der Waals surface area (Å²) < 4.78 is 0. The van der Waals surface area contributed by atoms with Gasteiger partial charge >= 0.3 is 0 Å². The van der Waals surface area contributed by atoms with Crippen LogP contribution in [0.25, 0.3) is 0 Å². The van der Waals surface area contributed by atoms with Gasteiger partial charge in [-0.3, -0.25) is 0 Å². The molecule has 0 unspecified atom stereocenters. The molecule has 0 radical (unpaired) electrons. The van der Waals surface area contributed by atoms with Crippen molar-refractivity contribution in [3.63, 3.8) is 0 Å². The Morgan fingerprint density at radius 3 is 1.20 bits per heavy atom. The van der Waals surface area contributed by atoms with E-state index in [4.69, 9.17) is 5.11 Å². The molecule has 1 heteroatoms. The van der Waals surface area contributed by atoms with E-state index in [-0.39, 0.29) is 0 Å². The van der Waals surface area contributed by atoms with Gasteiger partial charge in [-0.25, -0.2) is 0 Å².